The van der Waals surface area contributed by atoms with E-state index < -0.39 is 0 Å². The molecule has 6 heteroatoms. The second-order valence-corrected chi connectivity index (χ2v) is 8.08. The molecule has 3 aromatic carbocycles. The minimum Gasteiger partial charge on any atom is -0.278 e. The van der Waals surface area contributed by atoms with E-state index in [9.17, 15) is 0 Å². The molecule has 2 aromatic heterocycles. The first kappa shape index (κ1) is 21.0. The summed E-state index contributed by atoms with van der Waals surface area (Å²) in [6.07, 6.45) is 3.79. The maximum absolute atomic E-state index is 4.28. The molecule has 0 aliphatic rings. The van der Waals surface area contributed by atoms with Gasteiger partial charge in [0, 0.05) is 16.3 Å². The van der Waals surface area contributed by atoms with Gasteiger partial charge in [-0.2, -0.15) is 5.10 Å². The van der Waals surface area contributed by atoms with Gasteiger partial charge in [0.15, 0.2) is 0 Å². The first-order valence-corrected chi connectivity index (χ1v) is 11.2. The molecule has 156 valence electrons. The zero-order valence-corrected chi connectivity index (χ0v) is 19.2. The first-order chi connectivity index (χ1) is 15.1. The molecule has 0 saturated heterocycles. The summed E-state index contributed by atoms with van der Waals surface area (Å²) in [7, 11) is 0. The zero-order chi connectivity index (χ0) is 21.6. The minimum atomic E-state index is 0.725. The van der Waals surface area contributed by atoms with Crippen LogP contribution < -0.4 is 0 Å². The number of nitrogens with zero attached hydrogens (tertiary/aromatic N) is 4. The van der Waals surface area contributed by atoms with Crippen LogP contribution in [0, 0.1) is 13.8 Å². The van der Waals surface area contributed by atoms with Crippen molar-refractivity contribution in [1.29, 1.82) is 0 Å². The summed E-state index contributed by atoms with van der Waals surface area (Å²) in [5.41, 5.74) is 8.15. The van der Waals surface area contributed by atoms with Gasteiger partial charge >= 0.3 is 0 Å². The first-order valence-electron chi connectivity index (χ1n) is 10.1. The lowest BCUT2D eigenvalue weighted by Gasteiger charge is -2.01. The number of alkyl halides is 1. The van der Waals surface area contributed by atoms with E-state index in [-0.39, 0.29) is 0 Å². The van der Waals surface area contributed by atoms with Crippen molar-refractivity contribution >= 4 is 26.8 Å². The molecule has 0 saturated carbocycles. The molecule has 0 aliphatic carbocycles. The summed E-state index contributed by atoms with van der Waals surface area (Å²) in [6, 6.07) is 22.9. The van der Waals surface area contributed by atoms with Crippen molar-refractivity contribution in [3.8, 4) is 11.3 Å². The van der Waals surface area contributed by atoms with Crippen molar-refractivity contribution in [2.24, 2.45) is 0 Å². The zero-order valence-electron chi connectivity index (χ0n) is 17.6. The molecule has 5 rings (SSSR count). The van der Waals surface area contributed by atoms with Gasteiger partial charge in [0.1, 0.15) is 5.69 Å². The highest BCUT2D eigenvalue weighted by Crippen LogP contribution is 2.21. The number of aromatic nitrogens is 5. The van der Waals surface area contributed by atoms with Gasteiger partial charge in [-0.25, -0.2) is 4.68 Å². The smallest absolute Gasteiger partial charge is 0.113 e. The van der Waals surface area contributed by atoms with Gasteiger partial charge in [-0.1, -0.05) is 81.3 Å². The summed E-state index contributed by atoms with van der Waals surface area (Å²) in [5, 5.41) is 17.5. The Morgan fingerprint density at radius 2 is 1.84 bits per heavy atom. The molecule has 0 amide bonds. The number of aryl methyl sites for hydroxylation is 2. The SMILES string of the molecule is Cc1cccc(Cn2cc(-c3ccc4[nH]ncc4c3)nn2)c1.Cc1ccccc1CBr. The van der Waals surface area contributed by atoms with Crippen LogP contribution in [0.3, 0.4) is 0 Å². The Hall–Kier alpha value is -3.25. The van der Waals surface area contributed by atoms with E-state index >= 15 is 0 Å². The third-order valence-electron chi connectivity index (χ3n) is 5.11. The quantitative estimate of drug-likeness (QED) is 0.322. The van der Waals surface area contributed by atoms with Crippen LogP contribution in [0.5, 0.6) is 0 Å². The van der Waals surface area contributed by atoms with Gasteiger partial charge in [0.05, 0.1) is 24.5 Å². The van der Waals surface area contributed by atoms with Gasteiger partial charge in [-0.3, -0.25) is 5.10 Å². The molecule has 0 unspecified atom stereocenters. The molecule has 2 heterocycles. The van der Waals surface area contributed by atoms with E-state index in [2.05, 4.69) is 105 Å². The van der Waals surface area contributed by atoms with Crippen LogP contribution in [0.1, 0.15) is 22.3 Å². The number of hydrogen-bond acceptors (Lipinski definition) is 3. The van der Waals surface area contributed by atoms with E-state index in [1.165, 1.54) is 22.3 Å². The highest BCUT2D eigenvalue weighted by molar-refractivity contribution is 9.08. The molecular weight excluding hydrogens is 450 g/mol. The van der Waals surface area contributed by atoms with Gasteiger partial charge in [0.25, 0.3) is 0 Å². The second kappa shape index (κ2) is 9.71. The highest BCUT2D eigenvalue weighted by Gasteiger charge is 2.06. The normalized spacial score (nSPS) is 10.7. The summed E-state index contributed by atoms with van der Waals surface area (Å²) >= 11 is 3.41. The molecule has 31 heavy (non-hydrogen) atoms. The Balaban J connectivity index is 0.000000217. The average Bonchev–Trinajstić information content (AvgIpc) is 3.43. The molecule has 5 nitrogen and oxygen atoms in total. The van der Waals surface area contributed by atoms with E-state index in [0.29, 0.717) is 0 Å². The Morgan fingerprint density at radius 1 is 0.968 bits per heavy atom. The number of H-pyrrole nitrogens is 1. The fourth-order valence-corrected chi connectivity index (χ4v) is 4.00. The molecule has 0 atom stereocenters. The van der Waals surface area contributed by atoms with Crippen LogP contribution in [-0.4, -0.2) is 25.2 Å². The molecule has 0 spiro atoms. The van der Waals surface area contributed by atoms with Crippen LogP contribution in [0.25, 0.3) is 22.2 Å². The number of aromatic amines is 1. The summed E-state index contributed by atoms with van der Waals surface area (Å²) < 4.78 is 1.86. The lowest BCUT2D eigenvalue weighted by atomic mass is 10.1. The van der Waals surface area contributed by atoms with Crippen molar-refractivity contribution < 1.29 is 0 Å². The van der Waals surface area contributed by atoms with Gasteiger partial charge in [-0.05, 0) is 42.7 Å². The van der Waals surface area contributed by atoms with Crippen molar-refractivity contribution in [2.75, 3.05) is 0 Å². The molecule has 0 fully saturated rings. The maximum atomic E-state index is 4.28. The minimum absolute atomic E-state index is 0.725. The Morgan fingerprint density at radius 3 is 2.61 bits per heavy atom. The van der Waals surface area contributed by atoms with E-state index in [0.717, 1.165) is 34.0 Å². The van der Waals surface area contributed by atoms with E-state index in [1.54, 1.807) is 0 Å². The lowest BCUT2D eigenvalue weighted by molar-refractivity contribution is 0.649. The van der Waals surface area contributed by atoms with Crippen molar-refractivity contribution in [2.45, 2.75) is 25.7 Å². The number of hydrogen-bond donors (Lipinski definition) is 1. The number of nitrogens with one attached hydrogen (secondary N) is 1. The van der Waals surface area contributed by atoms with E-state index in [4.69, 9.17) is 0 Å². The summed E-state index contributed by atoms with van der Waals surface area (Å²) in [6.45, 7) is 4.94. The van der Waals surface area contributed by atoms with Crippen molar-refractivity contribution in [3.05, 3.63) is 101 Å². The van der Waals surface area contributed by atoms with Crippen molar-refractivity contribution in [1.82, 2.24) is 25.2 Å². The second-order valence-electron chi connectivity index (χ2n) is 7.52. The largest absolute Gasteiger partial charge is 0.278 e. The monoisotopic (exact) mass is 473 g/mol. The average molecular weight is 474 g/mol. The topological polar surface area (TPSA) is 59.4 Å². The molecular formula is C25H24BrN5. The fraction of sp³-hybridized carbons (Fsp3) is 0.160. The van der Waals surface area contributed by atoms with E-state index in [1.807, 2.05) is 29.2 Å². The van der Waals surface area contributed by atoms with Crippen LogP contribution in [0.2, 0.25) is 0 Å². The predicted molar refractivity (Wildman–Crippen MR) is 129 cm³/mol. The van der Waals surface area contributed by atoms with Crippen LogP contribution in [-0.2, 0) is 11.9 Å². The predicted octanol–water partition coefficient (Wildman–Crippen LogP) is 6.07. The lowest BCUT2D eigenvalue weighted by Crippen LogP contribution is -2.00. The third kappa shape index (κ3) is 5.27. The third-order valence-corrected chi connectivity index (χ3v) is 5.71. The maximum Gasteiger partial charge on any atom is 0.113 e. The molecule has 0 radical (unpaired) electrons. The number of halogens is 1. The summed E-state index contributed by atoms with van der Waals surface area (Å²) in [4.78, 5) is 0. The molecule has 5 aromatic rings. The summed E-state index contributed by atoms with van der Waals surface area (Å²) in [5.74, 6) is 0. The van der Waals surface area contributed by atoms with Crippen LogP contribution in [0.15, 0.2) is 79.1 Å². The van der Waals surface area contributed by atoms with Crippen LogP contribution >= 0.6 is 15.9 Å². The van der Waals surface area contributed by atoms with Crippen molar-refractivity contribution in [3.63, 3.8) is 0 Å². The number of fused-ring (bicyclic) bond motifs is 1. The van der Waals surface area contributed by atoms with Gasteiger partial charge < -0.3 is 0 Å². The number of benzene rings is 3. The standard InChI is InChI=1S/C17H15N5.C8H9Br/c1-12-3-2-4-13(7-12)10-22-11-17(20-21-22)14-5-6-16-15(8-14)9-18-19-16;1-7-4-2-3-5-8(7)6-9/h2-9,11H,10H2,1H3,(H,18,19);2-5H,6H2,1H3. The van der Waals surface area contributed by atoms with Crippen LogP contribution in [0.4, 0.5) is 0 Å². The van der Waals surface area contributed by atoms with Gasteiger partial charge in [0.2, 0.25) is 0 Å². The molecule has 1 N–H and O–H groups in total. The Labute approximate surface area is 190 Å². The highest BCUT2D eigenvalue weighted by atomic mass is 79.9. The molecule has 0 aliphatic heterocycles. The Bertz CT molecular complexity index is 1290. The number of rotatable bonds is 4. The fourth-order valence-electron chi connectivity index (χ4n) is 3.37. The molecule has 0 bridgehead atoms. The van der Waals surface area contributed by atoms with Gasteiger partial charge in [-0.15, -0.1) is 5.10 Å². The Kier molecular flexibility index (Phi) is 6.57.